The molecule has 2 aromatic heterocycles. The monoisotopic (exact) mass is 191 g/mol. The van der Waals surface area contributed by atoms with Crippen molar-refractivity contribution in [3.8, 4) is 0 Å². The number of nitrogens with one attached hydrogen (secondary N) is 2. The maximum atomic E-state index is 11.3. The molecule has 6 nitrogen and oxygen atoms in total. The second kappa shape index (κ2) is 3.08. The van der Waals surface area contributed by atoms with Gasteiger partial charge in [-0.1, -0.05) is 0 Å². The number of aromatic amines is 1. The summed E-state index contributed by atoms with van der Waals surface area (Å²) in [6.07, 6.45) is 1.52. The van der Waals surface area contributed by atoms with E-state index in [2.05, 4.69) is 20.4 Å². The fraction of sp³-hybridized carbons (Fsp3) is 0.125. The number of imidazole rings is 1. The minimum absolute atomic E-state index is 0.360. The number of carbonyl (C=O) groups excluding carboxylic acids is 1. The van der Waals surface area contributed by atoms with E-state index in [0.717, 1.165) is 0 Å². The molecule has 0 saturated heterocycles. The van der Waals surface area contributed by atoms with E-state index in [-0.39, 0.29) is 5.91 Å². The Hall–Kier alpha value is -1.95. The first-order valence-electron chi connectivity index (χ1n) is 4.04. The lowest BCUT2D eigenvalue weighted by Crippen LogP contribution is -2.30. The lowest BCUT2D eigenvalue weighted by Gasteiger charge is -1.98. The molecule has 2 rings (SSSR count). The number of fused-ring (bicyclic) bond motifs is 1. The molecular weight excluding hydrogens is 182 g/mol. The highest BCUT2D eigenvalue weighted by Gasteiger charge is 2.11. The number of nitrogens with zero attached hydrogens (tertiary/aromatic N) is 2. The van der Waals surface area contributed by atoms with Crippen molar-refractivity contribution >= 4 is 17.1 Å². The van der Waals surface area contributed by atoms with Crippen molar-refractivity contribution in [2.75, 3.05) is 0 Å². The second-order valence-electron chi connectivity index (χ2n) is 2.85. The molecule has 14 heavy (non-hydrogen) atoms. The summed E-state index contributed by atoms with van der Waals surface area (Å²) in [5.74, 6) is 5.40. The summed E-state index contributed by atoms with van der Waals surface area (Å²) in [4.78, 5) is 22.4. The highest BCUT2D eigenvalue weighted by molar-refractivity contribution is 6.03. The maximum Gasteiger partial charge on any atom is 0.267 e. The van der Waals surface area contributed by atoms with Crippen LogP contribution in [0.5, 0.6) is 0 Å². The van der Waals surface area contributed by atoms with Crippen LogP contribution in [0.15, 0.2) is 12.3 Å². The van der Waals surface area contributed by atoms with Gasteiger partial charge in [0.2, 0.25) is 0 Å². The highest BCUT2D eigenvalue weighted by Crippen LogP contribution is 2.13. The summed E-state index contributed by atoms with van der Waals surface area (Å²) in [6.45, 7) is 1.80. The van der Waals surface area contributed by atoms with Gasteiger partial charge in [-0.25, -0.2) is 15.8 Å². The third-order valence-corrected chi connectivity index (χ3v) is 1.89. The van der Waals surface area contributed by atoms with E-state index in [0.29, 0.717) is 22.6 Å². The number of nitrogens with two attached hydrogens (primary N) is 1. The molecule has 0 unspecified atom stereocenters. The molecule has 0 aliphatic heterocycles. The molecule has 1 amide bonds. The molecular formula is C8H9N5O. The van der Waals surface area contributed by atoms with Gasteiger partial charge in [0.25, 0.3) is 5.91 Å². The molecule has 0 aliphatic rings. The summed E-state index contributed by atoms with van der Waals surface area (Å²) in [6, 6.07) is 1.59. The van der Waals surface area contributed by atoms with Gasteiger partial charge >= 0.3 is 0 Å². The number of rotatable bonds is 1. The van der Waals surface area contributed by atoms with Crippen LogP contribution in [0, 0.1) is 6.92 Å². The third kappa shape index (κ3) is 1.21. The Bertz CT molecular complexity index is 489. The SMILES string of the molecule is Cc1nc2nccc(C(=O)NN)c2[nH]1. The second-order valence-corrected chi connectivity index (χ2v) is 2.85. The van der Waals surface area contributed by atoms with E-state index in [9.17, 15) is 4.79 Å². The normalized spacial score (nSPS) is 10.4. The summed E-state index contributed by atoms with van der Waals surface area (Å²) in [5.41, 5.74) is 3.63. The summed E-state index contributed by atoms with van der Waals surface area (Å²) in [7, 11) is 0. The number of nitrogen functional groups attached to an aromatic ring is 1. The Kier molecular flexibility index (Phi) is 1.90. The van der Waals surface area contributed by atoms with Crippen LogP contribution >= 0.6 is 0 Å². The van der Waals surface area contributed by atoms with Gasteiger partial charge in [0.05, 0.1) is 11.1 Å². The summed E-state index contributed by atoms with van der Waals surface area (Å²) in [5, 5.41) is 0. The van der Waals surface area contributed by atoms with Gasteiger partial charge in [0.1, 0.15) is 5.82 Å². The zero-order valence-corrected chi connectivity index (χ0v) is 7.53. The van der Waals surface area contributed by atoms with Crippen LogP contribution in [-0.2, 0) is 0 Å². The average molecular weight is 191 g/mol. The largest absolute Gasteiger partial charge is 0.340 e. The van der Waals surface area contributed by atoms with Crippen molar-refractivity contribution in [3.63, 3.8) is 0 Å². The molecule has 0 bridgehead atoms. The molecule has 2 heterocycles. The number of pyridine rings is 1. The van der Waals surface area contributed by atoms with Crippen LogP contribution < -0.4 is 11.3 Å². The molecule has 0 aliphatic carbocycles. The quantitative estimate of drug-likeness (QED) is 0.332. The van der Waals surface area contributed by atoms with Crippen molar-refractivity contribution in [2.45, 2.75) is 6.92 Å². The molecule has 0 atom stereocenters. The van der Waals surface area contributed by atoms with Gasteiger partial charge < -0.3 is 4.98 Å². The predicted octanol–water partition coefficient (Wildman–Crippen LogP) is -0.130. The zero-order chi connectivity index (χ0) is 10.1. The van der Waals surface area contributed by atoms with Crippen molar-refractivity contribution in [3.05, 3.63) is 23.7 Å². The van der Waals surface area contributed by atoms with Crippen molar-refractivity contribution in [1.82, 2.24) is 20.4 Å². The van der Waals surface area contributed by atoms with Crippen molar-refractivity contribution < 1.29 is 4.79 Å². The number of amides is 1. The lowest BCUT2D eigenvalue weighted by molar-refractivity contribution is 0.0955. The first-order valence-corrected chi connectivity index (χ1v) is 4.04. The molecule has 0 fully saturated rings. The predicted molar refractivity (Wildman–Crippen MR) is 50.3 cm³/mol. The molecule has 6 heteroatoms. The molecule has 0 aromatic carbocycles. The number of aryl methyl sites for hydroxylation is 1. The number of aromatic nitrogens is 3. The number of carbonyl (C=O) groups is 1. The Morgan fingerprint density at radius 2 is 2.43 bits per heavy atom. The lowest BCUT2D eigenvalue weighted by atomic mass is 10.2. The van der Waals surface area contributed by atoms with E-state index in [1.54, 1.807) is 13.0 Å². The molecule has 4 N–H and O–H groups in total. The van der Waals surface area contributed by atoms with Crippen LogP contribution in [0.25, 0.3) is 11.2 Å². The number of hydrazine groups is 1. The first-order chi connectivity index (χ1) is 6.72. The zero-order valence-electron chi connectivity index (χ0n) is 7.53. The molecule has 72 valence electrons. The van der Waals surface area contributed by atoms with E-state index in [4.69, 9.17) is 5.84 Å². The standard InChI is InChI=1S/C8H9N5O/c1-4-11-6-5(8(14)13-9)2-3-10-7(6)12-4/h2-3H,9H2,1H3,(H,13,14)(H,10,11,12). The summed E-state index contributed by atoms with van der Waals surface area (Å²) >= 11 is 0. The van der Waals surface area contributed by atoms with Crippen LogP contribution in [0.2, 0.25) is 0 Å². The van der Waals surface area contributed by atoms with Gasteiger partial charge in [-0.05, 0) is 13.0 Å². The fourth-order valence-electron chi connectivity index (χ4n) is 1.29. The number of hydrogen-bond donors (Lipinski definition) is 3. The average Bonchev–Trinajstić information content (AvgIpc) is 2.56. The van der Waals surface area contributed by atoms with Gasteiger partial charge in [0.15, 0.2) is 5.65 Å². The highest BCUT2D eigenvalue weighted by atomic mass is 16.2. The van der Waals surface area contributed by atoms with Crippen molar-refractivity contribution in [1.29, 1.82) is 0 Å². The Labute approximate surface area is 79.5 Å². The smallest absolute Gasteiger partial charge is 0.267 e. The molecule has 0 radical (unpaired) electrons. The van der Waals surface area contributed by atoms with Gasteiger partial charge in [0, 0.05) is 6.20 Å². The van der Waals surface area contributed by atoms with Crippen molar-refractivity contribution in [2.24, 2.45) is 5.84 Å². The van der Waals surface area contributed by atoms with E-state index in [1.165, 1.54) is 6.20 Å². The van der Waals surface area contributed by atoms with Crippen LogP contribution in [0.3, 0.4) is 0 Å². The minimum atomic E-state index is -0.360. The van der Waals surface area contributed by atoms with Crippen LogP contribution in [0.1, 0.15) is 16.2 Å². The summed E-state index contributed by atoms with van der Waals surface area (Å²) < 4.78 is 0. The number of hydrogen-bond acceptors (Lipinski definition) is 4. The van der Waals surface area contributed by atoms with E-state index >= 15 is 0 Å². The van der Waals surface area contributed by atoms with Crippen LogP contribution in [-0.4, -0.2) is 20.9 Å². The maximum absolute atomic E-state index is 11.3. The molecule has 0 spiro atoms. The Balaban J connectivity index is 2.70. The van der Waals surface area contributed by atoms with E-state index < -0.39 is 0 Å². The topological polar surface area (TPSA) is 96.7 Å². The van der Waals surface area contributed by atoms with Gasteiger partial charge in [-0.15, -0.1) is 0 Å². The van der Waals surface area contributed by atoms with Crippen LogP contribution in [0.4, 0.5) is 0 Å². The molecule has 2 aromatic rings. The Morgan fingerprint density at radius 3 is 3.14 bits per heavy atom. The first kappa shape index (κ1) is 8.64. The third-order valence-electron chi connectivity index (χ3n) is 1.89. The van der Waals surface area contributed by atoms with E-state index in [1.807, 2.05) is 0 Å². The van der Waals surface area contributed by atoms with Gasteiger partial charge in [-0.2, -0.15) is 0 Å². The fourth-order valence-corrected chi connectivity index (χ4v) is 1.29. The van der Waals surface area contributed by atoms with Gasteiger partial charge in [-0.3, -0.25) is 10.2 Å². The number of H-pyrrole nitrogens is 1. The minimum Gasteiger partial charge on any atom is -0.340 e. The molecule has 0 saturated carbocycles. The Morgan fingerprint density at radius 1 is 1.64 bits per heavy atom.